The fourth-order valence-corrected chi connectivity index (χ4v) is 4.33. The number of likely N-dealkylation sites (N-methyl/N-ethyl adjacent to an activating group) is 1. The molecule has 166 valence electrons. The molecule has 2 aliphatic rings. The first-order valence-electron chi connectivity index (χ1n) is 10.2. The summed E-state index contributed by atoms with van der Waals surface area (Å²) in [5.41, 5.74) is 2.96. The second kappa shape index (κ2) is 8.26. The molecule has 0 radical (unpaired) electrons. The average Bonchev–Trinajstić information content (AvgIpc) is 3.10. The first kappa shape index (κ1) is 21.2. The molecule has 0 bridgehead atoms. The van der Waals surface area contributed by atoms with Crippen molar-refractivity contribution < 1.29 is 23.1 Å². The van der Waals surface area contributed by atoms with Gasteiger partial charge in [-0.2, -0.15) is 13.9 Å². The van der Waals surface area contributed by atoms with Crippen LogP contribution in [-0.2, 0) is 24.3 Å². The minimum absolute atomic E-state index is 0.0334. The number of hydrogen-bond donors (Lipinski definition) is 2. The van der Waals surface area contributed by atoms with Crippen molar-refractivity contribution in [3.8, 4) is 5.75 Å². The summed E-state index contributed by atoms with van der Waals surface area (Å²) >= 11 is 0. The summed E-state index contributed by atoms with van der Waals surface area (Å²) in [5, 5.41) is 10.6. The Balaban J connectivity index is 1.69. The number of ether oxygens (including phenoxy) is 1. The molecule has 2 aromatic rings. The van der Waals surface area contributed by atoms with Crippen molar-refractivity contribution in [2.45, 2.75) is 58.1 Å². The summed E-state index contributed by atoms with van der Waals surface area (Å²) < 4.78 is 30.9. The lowest BCUT2D eigenvalue weighted by molar-refractivity contribution is -0.126. The zero-order chi connectivity index (χ0) is 22.3. The molecule has 31 heavy (non-hydrogen) atoms. The lowest BCUT2D eigenvalue weighted by Crippen LogP contribution is -2.55. The topological polar surface area (TPSA) is 88.5 Å². The highest BCUT2D eigenvalue weighted by Gasteiger charge is 2.43. The zero-order valence-electron chi connectivity index (χ0n) is 17.6. The summed E-state index contributed by atoms with van der Waals surface area (Å²) in [6.45, 7) is 1.76. The van der Waals surface area contributed by atoms with E-state index in [4.69, 9.17) is 0 Å². The number of alkyl halides is 2. The quantitative estimate of drug-likeness (QED) is 0.752. The van der Waals surface area contributed by atoms with E-state index in [2.05, 4.69) is 27.4 Å². The van der Waals surface area contributed by atoms with E-state index in [0.717, 1.165) is 11.3 Å². The van der Waals surface area contributed by atoms with Crippen molar-refractivity contribution in [3.05, 3.63) is 46.8 Å². The van der Waals surface area contributed by atoms with Crippen molar-refractivity contribution in [1.82, 2.24) is 25.3 Å². The van der Waals surface area contributed by atoms with Crippen molar-refractivity contribution in [2.24, 2.45) is 0 Å². The first-order valence-corrected chi connectivity index (χ1v) is 10.2. The van der Waals surface area contributed by atoms with Gasteiger partial charge in [-0.05, 0) is 31.5 Å². The lowest BCUT2D eigenvalue weighted by Gasteiger charge is -2.39. The van der Waals surface area contributed by atoms with Gasteiger partial charge in [0.15, 0.2) is 0 Å². The molecule has 1 aromatic carbocycles. The van der Waals surface area contributed by atoms with E-state index in [1.165, 1.54) is 19.2 Å². The van der Waals surface area contributed by atoms with Crippen LogP contribution in [0.25, 0.3) is 0 Å². The number of nitrogens with zero attached hydrogens (tertiary/aromatic N) is 3. The number of rotatable bonds is 5. The van der Waals surface area contributed by atoms with Crippen LogP contribution in [-0.4, -0.2) is 52.2 Å². The number of carbonyl (C=O) groups excluding carboxylic acids is 2. The van der Waals surface area contributed by atoms with Gasteiger partial charge in [0.25, 0.3) is 5.91 Å². The SMILES string of the molecule is CNC(=O)C1Cn2nc3c(c2C(=O)N1C(C)c1ccc(OC(F)F)cc1)CN[C@H](C)C3. The van der Waals surface area contributed by atoms with E-state index in [0.29, 0.717) is 24.2 Å². The molecule has 2 N–H and O–H groups in total. The highest BCUT2D eigenvalue weighted by atomic mass is 19.3. The molecule has 4 rings (SSSR count). The highest BCUT2D eigenvalue weighted by molar-refractivity contribution is 5.99. The molecule has 3 atom stereocenters. The van der Waals surface area contributed by atoms with Crippen LogP contribution >= 0.6 is 0 Å². The first-order chi connectivity index (χ1) is 14.8. The second-order valence-electron chi connectivity index (χ2n) is 7.91. The molecular formula is C21H25F2N5O3. The van der Waals surface area contributed by atoms with Gasteiger partial charge < -0.3 is 20.3 Å². The van der Waals surface area contributed by atoms with Crippen molar-refractivity contribution in [2.75, 3.05) is 7.05 Å². The predicted molar refractivity (Wildman–Crippen MR) is 108 cm³/mol. The molecule has 2 aliphatic heterocycles. The third-order valence-electron chi connectivity index (χ3n) is 5.93. The molecule has 8 nitrogen and oxygen atoms in total. The van der Waals surface area contributed by atoms with Gasteiger partial charge in [0.1, 0.15) is 17.5 Å². The van der Waals surface area contributed by atoms with Crippen LogP contribution < -0.4 is 15.4 Å². The molecular weight excluding hydrogens is 408 g/mol. The Bertz CT molecular complexity index is 992. The summed E-state index contributed by atoms with van der Waals surface area (Å²) in [5.74, 6) is -0.528. The third-order valence-corrected chi connectivity index (χ3v) is 5.93. The summed E-state index contributed by atoms with van der Waals surface area (Å²) in [4.78, 5) is 27.9. The van der Waals surface area contributed by atoms with Crippen LogP contribution in [0.1, 0.15) is 47.2 Å². The molecule has 3 heterocycles. The molecule has 2 amide bonds. The molecule has 0 saturated heterocycles. The van der Waals surface area contributed by atoms with Gasteiger partial charge in [-0.1, -0.05) is 12.1 Å². The largest absolute Gasteiger partial charge is 0.435 e. The Labute approximate surface area is 178 Å². The molecule has 0 aliphatic carbocycles. The number of amides is 2. The van der Waals surface area contributed by atoms with Crippen LogP contribution in [0.3, 0.4) is 0 Å². The van der Waals surface area contributed by atoms with Crippen LogP contribution in [0.4, 0.5) is 8.78 Å². The Hall–Kier alpha value is -3.01. The van der Waals surface area contributed by atoms with Crippen LogP contribution in [0, 0.1) is 0 Å². The van der Waals surface area contributed by atoms with Gasteiger partial charge in [-0.3, -0.25) is 14.3 Å². The summed E-state index contributed by atoms with van der Waals surface area (Å²) in [6.07, 6.45) is 0.717. The summed E-state index contributed by atoms with van der Waals surface area (Å²) in [7, 11) is 1.53. The van der Waals surface area contributed by atoms with E-state index in [1.54, 1.807) is 21.7 Å². The second-order valence-corrected chi connectivity index (χ2v) is 7.91. The van der Waals surface area contributed by atoms with Crippen LogP contribution in [0.5, 0.6) is 5.75 Å². The number of carbonyl (C=O) groups is 2. The minimum Gasteiger partial charge on any atom is -0.435 e. The highest BCUT2D eigenvalue weighted by Crippen LogP contribution is 2.33. The van der Waals surface area contributed by atoms with Crippen molar-refractivity contribution in [1.29, 1.82) is 0 Å². The van der Waals surface area contributed by atoms with E-state index < -0.39 is 18.7 Å². The van der Waals surface area contributed by atoms with Gasteiger partial charge in [-0.25, -0.2) is 0 Å². The average molecular weight is 433 g/mol. The number of halogens is 2. The Morgan fingerprint density at radius 1 is 1.32 bits per heavy atom. The lowest BCUT2D eigenvalue weighted by atomic mass is 9.98. The van der Waals surface area contributed by atoms with Gasteiger partial charge >= 0.3 is 6.61 Å². The van der Waals surface area contributed by atoms with E-state index in [-0.39, 0.29) is 30.2 Å². The number of hydrogen-bond acceptors (Lipinski definition) is 5. The molecule has 1 aromatic heterocycles. The molecule has 0 saturated carbocycles. The standard InChI is InChI=1S/C21H25F2N5O3/c1-11-8-16-15(9-25-11)18-20(30)28(17(19(29)24-3)10-27(18)26-16)12(2)13-4-6-14(7-5-13)31-21(22)23/h4-7,11-12,17,21,25H,8-10H2,1-3H3,(H,24,29)/t11-,12?,17?/m1/s1. The van der Waals surface area contributed by atoms with E-state index in [1.807, 2.05) is 6.92 Å². The van der Waals surface area contributed by atoms with Gasteiger partial charge in [0, 0.05) is 31.6 Å². The van der Waals surface area contributed by atoms with Crippen molar-refractivity contribution >= 4 is 11.8 Å². The zero-order valence-corrected chi connectivity index (χ0v) is 17.6. The molecule has 0 fully saturated rings. The maximum atomic E-state index is 13.6. The molecule has 10 heteroatoms. The van der Waals surface area contributed by atoms with Gasteiger partial charge in [-0.15, -0.1) is 0 Å². The Morgan fingerprint density at radius 2 is 2.03 bits per heavy atom. The van der Waals surface area contributed by atoms with E-state index in [9.17, 15) is 18.4 Å². The number of aromatic nitrogens is 2. The third kappa shape index (κ3) is 3.87. The van der Waals surface area contributed by atoms with E-state index >= 15 is 0 Å². The number of nitrogens with one attached hydrogen (secondary N) is 2. The summed E-state index contributed by atoms with van der Waals surface area (Å²) in [6, 6.07) is 5.16. The Morgan fingerprint density at radius 3 is 2.68 bits per heavy atom. The number of fused-ring (bicyclic) bond motifs is 3. The minimum atomic E-state index is -2.91. The fourth-order valence-electron chi connectivity index (χ4n) is 4.33. The molecule has 2 unspecified atom stereocenters. The normalized spacial score (nSPS) is 21.5. The van der Waals surface area contributed by atoms with Gasteiger partial charge in [0.2, 0.25) is 5.91 Å². The maximum Gasteiger partial charge on any atom is 0.387 e. The smallest absolute Gasteiger partial charge is 0.387 e. The Kier molecular flexibility index (Phi) is 5.65. The van der Waals surface area contributed by atoms with Crippen LogP contribution in [0.2, 0.25) is 0 Å². The molecule has 0 spiro atoms. The van der Waals surface area contributed by atoms with Crippen LogP contribution in [0.15, 0.2) is 24.3 Å². The number of benzene rings is 1. The monoisotopic (exact) mass is 433 g/mol. The maximum absolute atomic E-state index is 13.6. The van der Waals surface area contributed by atoms with Crippen molar-refractivity contribution in [3.63, 3.8) is 0 Å². The predicted octanol–water partition coefficient (Wildman–Crippen LogP) is 1.85. The van der Waals surface area contributed by atoms with Gasteiger partial charge in [0.05, 0.1) is 18.3 Å². The fraction of sp³-hybridized carbons (Fsp3) is 0.476.